The van der Waals surface area contributed by atoms with E-state index < -0.39 is 0 Å². The van der Waals surface area contributed by atoms with Crippen LogP contribution in [0.15, 0.2) is 30.6 Å². The van der Waals surface area contributed by atoms with Crippen LogP contribution in [0, 0.1) is 6.92 Å². The van der Waals surface area contributed by atoms with Gasteiger partial charge in [-0.3, -0.25) is 0 Å². The van der Waals surface area contributed by atoms with Crippen LogP contribution >= 0.6 is 0 Å². The van der Waals surface area contributed by atoms with Crippen LogP contribution in [0.2, 0.25) is 0 Å². The Morgan fingerprint density at radius 1 is 1.18 bits per heavy atom. The largest absolute Gasteiger partial charge is 0.493 e. The molecule has 0 N–H and O–H groups in total. The molecule has 0 spiro atoms. The summed E-state index contributed by atoms with van der Waals surface area (Å²) < 4.78 is 5.78. The monoisotopic (exact) mass is 226 g/mol. The van der Waals surface area contributed by atoms with Gasteiger partial charge in [-0.2, -0.15) is 0 Å². The number of hydrogen-bond acceptors (Lipinski definition) is 3. The van der Waals surface area contributed by atoms with Crippen LogP contribution in [0.1, 0.15) is 17.8 Å². The second-order valence-corrected chi connectivity index (χ2v) is 4.26. The molecule has 0 fully saturated rings. The molecule has 86 valence electrons. The number of rotatable bonds is 1. The number of benzene rings is 1. The molecule has 1 aliphatic heterocycles. The molecule has 3 nitrogen and oxygen atoms in total. The van der Waals surface area contributed by atoms with Crippen molar-refractivity contribution in [3.63, 3.8) is 0 Å². The third kappa shape index (κ3) is 1.88. The van der Waals surface area contributed by atoms with Gasteiger partial charge in [0.15, 0.2) is 0 Å². The number of ether oxygens (including phenoxy) is 1. The molecule has 1 aromatic heterocycles. The molecule has 0 atom stereocenters. The van der Waals surface area contributed by atoms with Gasteiger partial charge in [-0.1, -0.05) is 18.2 Å². The smallest absolute Gasteiger partial charge is 0.130 e. The highest BCUT2D eigenvalue weighted by atomic mass is 16.5. The van der Waals surface area contributed by atoms with Gasteiger partial charge < -0.3 is 4.74 Å². The molecule has 0 bridgehead atoms. The van der Waals surface area contributed by atoms with E-state index in [1.54, 1.807) is 0 Å². The molecule has 2 heterocycles. The molecule has 0 radical (unpaired) electrons. The molecule has 0 unspecified atom stereocenters. The van der Waals surface area contributed by atoms with Crippen LogP contribution in [-0.2, 0) is 6.42 Å². The number of nitrogens with zero attached hydrogens (tertiary/aromatic N) is 2. The summed E-state index contributed by atoms with van der Waals surface area (Å²) in [6.45, 7) is 2.69. The van der Waals surface area contributed by atoms with Crippen molar-refractivity contribution >= 4 is 0 Å². The van der Waals surface area contributed by atoms with Gasteiger partial charge in [0.2, 0.25) is 0 Å². The molecule has 0 saturated heterocycles. The molecule has 3 rings (SSSR count). The summed E-state index contributed by atoms with van der Waals surface area (Å²) in [6.07, 6.45) is 5.91. The summed E-state index contributed by atoms with van der Waals surface area (Å²) >= 11 is 0. The van der Waals surface area contributed by atoms with Crippen LogP contribution in [0.3, 0.4) is 0 Å². The summed E-state index contributed by atoms with van der Waals surface area (Å²) in [5, 5.41) is 0. The highest BCUT2D eigenvalue weighted by Gasteiger charge is 2.15. The van der Waals surface area contributed by atoms with E-state index in [1.165, 1.54) is 5.56 Å². The van der Waals surface area contributed by atoms with E-state index in [2.05, 4.69) is 28.2 Å². The molecular formula is C14H14N2O. The Hall–Kier alpha value is -1.90. The number of hydrogen-bond donors (Lipinski definition) is 0. The third-order valence-electron chi connectivity index (χ3n) is 3.03. The average molecular weight is 226 g/mol. The first-order chi connectivity index (χ1) is 8.34. The van der Waals surface area contributed by atoms with E-state index in [-0.39, 0.29) is 0 Å². The van der Waals surface area contributed by atoms with Crippen LogP contribution in [0.4, 0.5) is 0 Å². The fraction of sp³-hybridized carbons (Fsp3) is 0.286. The molecular weight excluding hydrogens is 212 g/mol. The molecule has 17 heavy (non-hydrogen) atoms. The summed E-state index contributed by atoms with van der Waals surface area (Å²) in [7, 11) is 0. The Morgan fingerprint density at radius 2 is 2.00 bits per heavy atom. The maximum Gasteiger partial charge on any atom is 0.130 e. The minimum absolute atomic E-state index is 0.791. The highest BCUT2D eigenvalue weighted by molar-refractivity contribution is 5.71. The quantitative estimate of drug-likeness (QED) is 0.750. The van der Waals surface area contributed by atoms with Gasteiger partial charge >= 0.3 is 0 Å². The number of aromatic nitrogens is 2. The van der Waals surface area contributed by atoms with E-state index >= 15 is 0 Å². The van der Waals surface area contributed by atoms with Gasteiger partial charge in [-0.05, 0) is 25.3 Å². The maximum atomic E-state index is 5.78. The van der Waals surface area contributed by atoms with Crippen LogP contribution in [0.25, 0.3) is 11.1 Å². The molecule has 0 saturated carbocycles. The summed E-state index contributed by atoms with van der Waals surface area (Å²) in [6, 6.07) is 6.27. The summed E-state index contributed by atoms with van der Waals surface area (Å²) in [5.74, 6) is 1.80. The Balaban J connectivity index is 2.11. The molecule has 2 aromatic rings. The first-order valence-corrected chi connectivity index (χ1v) is 5.88. The Kier molecular flexibility index (Phi) is 2.52. The van der Waals surface area contributed by atoms with E-state index in [4.69, 9.17) is 4.74 Å². The van der Waals surface area contributed by atoms with Crippen molar-refractivity contribution < 1.29 is 4.74 Å². The lowest BCUT2D eigenvalue weighted by atomic mass is 9.99. The van der Waals surface area contributed by atoms with Gasteiger partial charge in [0.25, 0.3) is 0 Å². The lowest BCUT2D eigenvalue weighted by molar-refractivity contribution is 0.289. The fourth-order valence-electron chi connectivity index (χ4n) is 2.15. The predicted molar refractivity (Wildman–Crippen MR) is 66.0 cm³/mol. The van der Waals surface area contributed by atoms with E-state index in [0.717, 1.165) is 42.1 Å². The lowest BCUT2D eigenvalue weighted by Crippen LogP contribution is -2.09. The average Bonchev–Trinajstić information content (AvgIpc) is 2.39. The first-order valence-electron chi connectivity index (χ1n) is 5.88. The summed E-state index contributed by atoms with van der Waals surface area (Å²) in [4.78, 5) is 8.48. The molecule has 0 amide bonds. The zero-order valence-electron chi connectivity index (χ0n) is 9.81. The van der Waals surface area contributed by atoms with Crippen molar-refractivity contribution in [1.82, 2.24) is 9.97 Å². The zero-order valence-corrected chi connectivity index (χ0v) is 9.81. The summed E-state index contributed by atoms with van der Waals surface area (Å²) in [5.41, 5.74) is 3.41. The lowest BCUT2D eigenvalue weighted by Gasteiger charge is -2.20. The van der Waals surface area contributed by atoms with Gasteiger partial charge in [0.1, 0.15) is 11.6 Å². The molecule has 1 aliphatic rings. The molecule has 0 aliphatic carbocycles. The van der Waals surface area contributed by atoms with Crippen molar-refractivity contribution in [1.29, 1.82) is 0 Å². The zero-order chi connectivity index (χ0) is 11.7. The van der Waals surface area contributed by atoms with E-state index in [9.17, 15) is 0 Å². The second-order valence-electron chi connectivity index (χ2n) is 4.26. The van der Waals surface area contributed by atoms with Crippen molar-refractivity contribution in [3.8, 4) is 16.9 Å². The van der Waals surface area contributed by atoms with Crippen LogP contribution in [-0.4, -0.2) is 16.6 Å². The number of aryl methyl sites for hydroxylation is 2. The standard InChI is InChI=1S/C14H14N2O/c1-10-15-8-12(9-16-10)13-6-2-4-11-5-3-7-17-14(11)13/h2,4,6,8-9H,3,5,7H2,1H3. The van der Waals surface area contributed by atoms with Gasteiger partial charge in [-0.25, -0.2) is 9.97 Å². The minimum Gasteiger partial charge on any atom is -0.493 e. The SMILES string of the molecule is Cc1ncc(-c2cccc3c2OCCC3)cn1. The molecule has 3 heteroatoms. The fourth-order valence-corrected chi connectivity index (χ4v) is 2.15. The van der Waals surface area contributed by atoms with Crippen molar-refractivity contribution in [3.05, 3.63) is 42.0 Å². The van der Waals surface area contributed by atoms with Crippen molar-refractivity contribution in [2.24, 2.45) is 0 Å². The number of para-hydroxylation sites is 1. The maximum absolute atomic E-state index is 5.78. The van der Waals surface area contributed by atoms with Crippen molar-refractivity contribution in [2.45, 2.75) is 19.8 Å². The molecule has 1 aromatic carbocycles. The number of fused-ring (bicyclic) bond motifs is 1. The van der Waals surface area contributed by atoms with Gasteiger partial charge in [0.05, 0.1) is 6.61 Å². The van der Waals surface area contributed by atoms with Crippen molar-refractivity contribution in [2.75, 3.05) is 6.61 Å². The predicted octanol–water partition coefficient (Wildman–Crippen LogP) is 2.78. The second kappa shape index (κ2) is 4.17. The van der Waals surface area contributed by atoms with E-state index in [0.29, 0.717) is 0 Å². The van der Waals surface area contributed by atoms with Gasteiger partial charge in [-0.15, -0.1) is 0 Å². The van der Waals surface area contributed by atoms with Crippen LogP contribution in [0.5, 0.6) is 5.75 Å². The normalized spacial score (nSPS) is 13.9. The Bertz CT molecular complexity index is 534. The minimum atomic E-state index is 0.791. The Labute approximate surface area is 100 Å². The van der Waals surface area contributed by atoms with E-state index in [1.807, 2.05) is 19.3 Å². The Morgan fingerprint density at radius 3 is 2.82 bits per heavy atom. The first kappa shape index (κ1) is 10.3. The third-order valence-corrected chi connectivity index (χ3v) is 3.03. The van der Waals surface area contributed by atoms with Crippen LogP contribution < -0.4 is 4.74 Å². The highest BCUT2D eigenvalue weighted by Crippen LogP contribution is 2.35. The topological polar surface area (TPSA) is 35.0 Å². The van der Waals surface area contributed by atoms with Gasteiger partial charge in [0, 0.05) is 23.5 Å².